The minimum Gasteiger partial charge on any atom is -0.320 e. The van der Waals surface area contributed by atoms with Crippen LogP contribution in [-0.4, -0.2) is 11.7 Å². The third-order valence-corrected chi connectivity index (χ3v) is 5.18. The Morgan fingerprint density at radius 3 is 2.65 bits per heavy atom. The van der Waals surface area contributed by atoms with Gasteiger partial charge in [0.25, 0.3) is 0 Å². The van der Waals surface area contributed by atoms with Crippen molar-refractivity contribution in [3.05, 3.63) is 46.0 Å². The van der Waals surface area contributed by atoms with E-state index in [1.165, 1.54) is 24.8 Å². The predicted molar refractivity (Wildman–Crippen MR) is 95.9 cm³/mol. The van der Waals surface area contributed by atoms with E-state index in [1.807, 2.05) is 31.2 Å². The van der Waals surface area contributed by atoms with E-state index >= 15 is 0 Å². The van der Waals surface area contributed by atoms with Gasteiger partial charge in [0.05, 0.1) is 16.7 Å². The van der Waals surface area contributed by atoms with Gasteiger partial charge in [0.2, 0.25) is 5.91 Å². The fraction of sp³-hybridized carbons (Fsp3) is 0.474. The summed E-state index contributed by atoms with van der Waals surface area (Å²) in [7, 11) is 0. The van der Waals surface area contributed by atoms with Crippen LogP contribution in [0.5, 0.6) is 0 Å². The van der Waals surface area contributed by atoms with Crippen LogP contribution < -0.4 is 5.32 Å². The van der Waals surface area contributed by atoms with E-state index in [0.717, 1.165) is 22.8 Å². The molecule has 1 aromatic carbocycles. The molecule has 1 aliphatic rings. The molecule has 1 aliphatic heterocycles. The van der Waals surface area contributed by atoms with Crippen molar-refractivity contribution in [1.82, 2.24) is 5.32 Å². The van der Waals surface area contributed by atoms with Gasteiger partial charge < -0.3 is 5.32 Å². The first-order valence-electron chi connectivity index (χ1n) is 8.29. The minimum absolute atomic E-state index is 0.00522. The van der Waals surface area contributed by atoms with Gasteiger partial charge in [-0.15, -0.1) is 11.8 Å². The third-order valence-electron chi connectivity index (χ3n) is 4.08. The maximum absolute atomic E-state index is 12.1. The highest BCUT2D eigenvalue weighted by Gasteiger charge is 2.29. The second kappa shape index (κ2) is 8.79. The van der Waals surface area contributed by atoms with Gasteiger partial charge in [0.15, 0.2) is 0 Å². The molecule has 2 rings (SSSR count). The molecule has 122 valence electrons. The van der Waals surface area contributed by atoms with E-state index in [2.05, 4.69) is 18.3 Å². The van der Waals surface area contributed by atoms with E-state index in [1.54, 1.807) is 11.8 Å². The molecule has 0 saturated carbocycles. The lowest BCUT2D eigenvalue weighted by molar-refractivity contribution is -0.120. The highest BCUT2D eigenvalue weighted by Crippen LogP contribution is 2.36. The first-order valence-corrected chi connectivity index (χ1v) is 9.27. The number of benzene rings is 1. The minimum atomic E-state index is -0.118. The summed E-state index contributed by atoms with van der Waals surface area (Å²) in [6, 6.07) is 10.5. The van der Waals surface area contributed by atoms with Gasteiger partial charge in [-0.2, -0.15) is 5.26 Å². The molecule has 4 heteroatoms. The molecule has 0 bridgehead atoms. The number of aryl methyl sites for hydroxylation is 1. The molecule has 0 unspecified atom stereocenters. The number of unbranched alkanes of at least 4 members (excludes halogenated alkanes) is 3. The predicted octanol–water partition coefficient (Wildman–Crippen LogP) is 4.65. The number of allylic oxidation sites excluding steroid dienone is 1. The van der Waals surface area contributed by atoms with Crippen molar-refractivity contribution in [1.29, 1.82) is 5.26 Å². The summed E-state index contributed by atoms with van der Waals surface area (Å²) in [4.78, 5) is 12.1. The monoisotopic (exact) mass is 328 g/mol. The van der Waals surface area contributed by atoms with Gasteiger partial charge in [-0.25, -0.2) is 0 Å². The second-order valence-electron chi connectivity index (χ2n) is 5.98. The average molecular weight is 328 g/mol. The highest BCUT2D eigenvalue weighted by molar-refractivity contribution is 8.03. The first kappa shape index (κ1) is 17.6. The van der Waals surface area contributed by atoms with Crippen molar-refractivity contribution in [2.75, 3.05) is 5.75 Å². The highest BCUT2D eigenvalue weighted by atomic mass is 32.2. The summed E-state index contributed by atoms with van der Waals surface area (Å²) < 4.78 is 0. The van der Waals surface area contributed by atoms with E-state index in [4.69, 9.17) is 0 Å². The number of carbonyl (C=O) groups is 1. The fourth-order valence-electron chi connectivity index (χ4n) is 2.72. The quantitative estimate of drug-likeness (QED) is 0.741. The molecule has 0 spiro atoms. The van der Waals surface area contributed by atoms with Crippen LogP contribution in [0.4, 0.5) is 0 Å². The van der Waals surface area contributed by atoms with Gasteiger partial charge in [0, 0.05) is 12.3 Å². The van der Waals surface area contributed by atoms with E-state index in [9.17, 15) is 10.1 Å². The van der Waals surface area contributed by atoms with Crippen molar-refractivity contribution in [2.24, 2.45) is 0 Å². The summed E-state index contributed by atoms with van der Waals surface area (Å²) >= 11 is 1.61. The maximum atomic E-state index is 12.1. The Labute approximate surface area is 143 Å². The zero-order chi connectivity index (χ0) is 16.7. The molecule has 1 atom stereocenters. The standard InChI is InChI=1S/C19H24N2OS/c1-3-4-5-6-11-23-19-17(13-20)16(12-18(22)21-19)15-9-7-14(2)8-10-15/h7-10,16H,3-6,11-12H2,1-2H3,(H,21,22)/t16-/m1/s1. The molecule has 0 radical (unpaired) electrons. The number of nitrogens with zero attached hydrogens (tertiary/aromatic N) is 1. The topological polar surface area (TPSA) is 52.9 Å². The number of carbonyl (C=O) groups excluding carboxylic acids is 1. The van der Waals surface area contributed by atoms with Gasteiger partial charge >= 0.3 is 0 Å². The Kier molecular flexibility index (Phi) is 6.73. The van der Waals surface area contributed by atoms with Gasteiger partial charge in [0.1, 0.15) is 0 Å². The molecular weight excluding hydrogens is 304 g/mol. The van der Waals surface area contributed by atoms with Crippen LogP contribution in [0.15, 0.2) is 34.9 Å². The molecule has 0 aliphatic carbocycles. The lowest BCUT2D eigenvalue weighted by Gasteiger charge is -2.25. The van der Waals surface area contributed by atoms with Gasteiger partial charge in [-0.05, 0) is 24.7 Å². The molecule has 0 fully saturated rings. The number of hydrogen-bond donors (Lipinski definition) is 1. The Bertz CT molecular complexity index is 613. The van der Waals surface area contributed by atoms with Crippen LogP contribution in [0, 0.1) is 18.3 Å². The lowest BCUT2D eigenvalue weighted by atomic mass is 9.87. The Morgan fingerprint density at radius 1 is 1.26 bits per heavy atom. The van der Waals surface area contributed by atoms with E-state index in [-0.39, 0.29) is 11.8 Å². The summed E-state index contributed by atoms with van der Waals surface area (Å²) in [6.07, 6.45) is 5.12. The van der Waals surface area contributed by atoms with Gasteiger partial charge in [-0.3, -0.25) is 4.79 Å². The SMILES string of the molecule is CCCCCCSC1=C(C#N)[C@@H](c2ccc(C)cc2)CC(=O)N1. The smallest absolute Gasteiger partial charge is 0.225 e. The first-order chi connectivity index (χ1) is 11.2. The van der Waals surface area contributed by atoms with E-state index < -0.39 is 0 Å². The van der Waals surface area contributed by atoms with Crippen molar-refractivity contribution >= 4 is 17.7 Å². The lowest BCUT2D eigenvalue weighted by Crippen LogP contribution is -2.30. The van der Waals surface area contributed by atoms with Crippen molar-refractivity contribution in [3.63, 3.8) is 0 Å². The van der Waals surface area contributed by atoms with Crippen LogP contribution in [0.3, 0.4) is 0 Å². The summed E-state index contributed by atoms with van der Waals surface area (Å²) in [6.45, 7) is 4.23. The normalized spacial score (nSPS) is 17.8. The molecule has 1 amide bonds. The summed E-state index contributed by atoms with van der Waals surface area (Å²) in [5, 5.41) is 13.3. The molecule has 0 aromatic heterocycles. The Morgan fingerprint density at radius 2 is 2.00 bits per heavy atom. The largest absolute Gasteiger partial charge is 0.320 e. The third kappa shape index (κ3) is 4.87. The fourth-order valence-corrected chi connectivity index (χ4v) is 3.80. The Balaban J connectivity index is 2.14. The van der Waals surface area contributed by atoms with Crippen LogP contribution in [0.1, 0.15) is 56.1 Å². The molecule has 1 N–H and O–H groups in total. The van der Waals surface area contributed by atoms with E-state index in [0.29, 0.717) is 12.0 Å². The van der Waals surface area contributed by atoms with Crippen molar-refractivity contribution in [3.8, 4) is 6.07 Å². The summed E-state index contributed by atoms with van der Waals surface area (Å²) in [5.41, 5.74) is 2.93. The average Bonchev–Trinajstić information content (AvgIpc) is 2.55. The molecule has 1 heterocycles. The van der Waals surface area contributed by atoms with Crippen LogP contribution in [0.25, 0.3) is 0 Å². The molecular formula is C19H24N2OS. The number of rotatable bonds is 7. The van der Waals surface area contributed by atoms with Crippen molar-refractivity contribution < 1.29 is 4.79 Å². The number of hydrogen-bond acceptors (Lipinski definition) is 3. The van der Waals surface area contributed by atoms with Crippen molar-refractivity contribution in [2.45, 2.75) is 51.9 Å². The number of nitriles is 1. The van der Waals surface area contributed by atoms with Gasteiger partial charge in [-0.1, -0.05) is 56.0 Å². The van der Waals surface area contributed by atoms with Crippen LogP contribution >= 0.6 is 11.8 Å². The van der Waals surface area contributed by atoms with Crippen LogP contribution in [0.2, 0.25) is 0 Å². The summed E-state index contributed by atoms with van der Waals surface area (Å²) in [5.74, 6) is 0.833. The maximum Gasteiger partial charge on any atom is 0.225 e. The number of nitrogens with one attached hydrogen (secondary N) is 1. The second-order valence-corrected chi connectivity index (χ2v) is 7.08. The Hall–Kier alpha value is -1.73. The zero-order valence-corrected chi connectivity index (χ0v) is 14.7. The zero-order valence-electron chi connectivity index (χ0n) is 13.9. The molecule has 0 saturated heterocycles. The van der Waals surface area contributed by atoms with Crippen LogP contribution in [-0.2, 0) is 4.79 Å². The molecule has 1 aromatic rings. The molecule has 23 heavy (non-hydrogen) atoms. The number of thioether (sulfide) groups is 1. The molecule has 3 nitrogen and oxygen atoms in total. The number of amides is 1.